The Bertz CT molecular complexity index is 1600. The highest BCUT2D eigenvalue weighted by Crippen LogP contribution is 2.32. The summed E-state index contributed by atoms with van der Waals surface area (Å²) in [7, 11) is 0. The molecule has 0 bridgehead atoms. The van der Waals surface area contributed by atoms with Crippen LogP contribution >= 0.6 is 23.4 Å². The van der Waals surface area contributed by atoms with Gasteiger partial charge in [0.2, 0.25) is 5.17 Å². The molecule has 2 aliphatic rings. The minimum absolute atomic E-state index is 0.00525. The lowest BCUT2D eigenvalue weighted by molar-refractivity contribution is -0.114. The van der Waals surface area contributed by atoms with Gasteiger partial charge in [0.25, 0.3) is 5.91 Å². The first-order valence-electron chi connectivity index (χ1n) is 10.8. The number of hydrazone groups is 1. The van der Waals surface area contributed by atoms with Gasteiger partial charge in [0.15, 0.2) is 5.84 Å². The molecular formula is C26H17ClN6OS. The van der Waals surface area contributed by atoms with Crippen molar-refractivity contribution in [2.45, 2.75) is 6.54 Å². The molecule has 0 aliphatic carbocycles. The van der Waals surface area contributed by atoms with Gasteiger partial charge in [0, 0.05) is 52.2 Å². The van der Waals surface area contributed by atoms with Crippen LogP contribution in [0.4, 0.5) is 0 Å². The van der Waals surface area contributed by atoms with Crippen LogP contribution in [0.15, 0.2) is 94.9 Å². The number of fused-ring (bicyclic) bond motifs is 2. The minimum atomic E-state index is -0.459. The van der Waals surface area contributed by atoms with E-state index in [0.717, 1.165) is 27.6 Å². The molecule has 2 aliphatic heterocycles. The number of aromatic nitrogens is 2. The Balaban J connectivity index is 1.39. The molecule has 170 valence electrons. The van der Waals surface area contributed by atoms with Gasteiger partial charge in [-0.25, -0.2) is 0 Å². The zero-order valence-corrected chi connectivity index (χ0v) is 19.8. The second-order valence-electron chi connectivity index (χ2n) is 7.99. The molecule has 0 atom stereocenters. The predicted octanol–water partition coefficient (Wildman–Crippen LogP) is 5.41. The number of thioether (sulfide) groups is 1. The number of carbonyl (C=O) groups excluding carboxylic acids is 1. The Morgan fingerprint density at radius 3 is 2.71 bits per heavy atom. The van der Waals surface area contributed by atoms with Crippen molar-refractivity contribution in [3.8, 4) is 0 Å². The molecule has 1 N–H and O–H groups in total. The summed E-state index contributed by atoms with van der Waals surface area (Å²) in [6.45, 7) is 0.582. The van der Waals surface area contributed by atoms with Crippen LogP contribution in [0.1, 0.15) is 16.7 Å². The molecule has 0 unspecified atom stereocenters. The van der Waals surface area contributed by atoms with E-state index in [2.05, 4.69) is 19.6 Å². The third kappa shape index (κ3) is 3.86. The van der Waals surface area contributed by atoms with Crippen LogP contribution in [0.3, 0.4) is 0 Å². The third-order valence-electron chi connectivity index (χ3n) is 5.78. The number of rotatable bonds is 4. The van der Waals surface area contributed by atoms with Crippen LogP contribution in [-0.2, 0) is 11.3 Å². The zero-order valence-electron chi connectivity index (χ0n) is 18.2. The number of carbonyl (C=O) groups is 1. The summed E-state index contributed by atoms with van der Waals surface area (Å²) in [5, 5.41) is 17.3. The molecule has 0 saturated heterocycles. The first-order valence-corrected chi connectivity index (χ1v) is 12.0. The number of benzene rings is 2. The molecule has 0 saturated carbocycles. The maximum absolute atomic E-state index is 12.9. The van der Waals surface area contributed by atoms with E-state index in [1.165, 1.54) is 16.8 Å². The van der Waals surface area contributed by atoms with Gasteiger partial charge >= 0.3 is 0 Å². The summed E-state index contributed by atoms with van der Waals surface area (Å²) in [6.07, 6.45) is 7.08. The second-order valence-corrected chi connectivity index (χ2v) is 9.35. The Morgan fingerprint density at radius 2 is 1.89 bits per heavy atom. The molecule has 2 aromatic heterocycles. The Hall–Kier alpha value is -4.01. The Labute approximate surface area is 210 Å². The number of amidine groups is 2. The number of halogens is 1. The van der Waals surface area contributed by atoms with E-state index in [1.807, 2.05) is 66.9 Å². The van der Waals surface area contributed by atoms with Crippen LogP contribution in [-0.4, -0.2) is 36.5 Å². The minimum Gasteiger partial charge on any atom is -0.342 e. The lowest BCUT2D eigenvalue weighted by Crippen LogP contribution is -2.35. The van der Waals surface area contributed by atoms with E-state index in [9.17, 15) is 4.79 Å². The zero-order chi connectivity index (χ0) is 23.9. The van der Waals surface area contributed by atoms with Crippen LogP contribution in [0.5, 0.6) is 0 Å². The molecule has 0 spiro atoms. The number of nitrogens with zero attached hydrogens (tertiary/aromatic N) is 5. The molecule has 1 amide bonds. The van der Waals surface area contributed by atoms with Crippen molar-refractivity contribution in [2.24, 2.45) is 10.1 Å². The van der Waals surface area contributed by atoms with Crippen molar-refractivity contribution in [1.29, 1.82) is 5.41 Å². The summed E-state index contributed by atoms with van der Waals surface area (Å²) in [6, 6.07) is 19.4. The highest BCUT2D eigenvalue weighted by Gasteiger charge is 2.36. The van der Waals surface area contributed by atoms with Crippen LogP contribution in [0.2, 0.25) is 5.02 Å². The molecule has 2 aromatic carbocycles. The van der Waals surface area contributed by atoms with Gasteiger partial charge < -0.3 is 4.57 Å². The normalized spacial score (nSPS) is 16.6. The van der Waals surface area contributed by atoms with E-state index >= 15 is 0 Å². The highest BCUT2D eigenvalue weighted by atomic mass is 35.5. The summed E-state index contributed by atoms with van der Waals surface area (Å²) in [5.41, 5.74) is 3.82. The molecule has 4 heterocycles. The quantitative estimate of drug-likeness (QED) is 0.383. The molecule has 35 heavy (non-hydrogen) atoms. The monoisotopic (exact) mass is 496 g/mol. The summed E-state index contributed by atoms with van der Waals surface area (Å²) in [4.78, 5) is 21.3. The fourth-order valence-corrected chi connectivity index (χ4v) is 5.16. The van der Waals surface area contributed by atoms with Gasteiger partial charge in [0.1, 0.15) is 5.04 Å². The standard InChI is InChI=1S/C26H17ClN6OS/c27-21-9-3-1-6-17(21)14-32-15-18(19-8-2-4-10-22(19)32)12-20-23(28)33-26(30-24(20)34)35-25(31-33)16-7-5-11-29-13-16/h1-13,15,28H,14H2/b20-12+,28-23?. The van der Waals surface area contributed by atoms with Gasteiger partial charge in [-0.1, -0.05) is 48.0 Å². The van der Waals surface area contributed by atoms with Crippen molar-refractivity contribution in [3.05, 3.63) is 107 Å². The molecule has 9 heteroatoms. The van der Waals surface area contributed by atoms with E-state index in [0.29, 0.717) is 21.8 Å². The molecule has 0 fully saturated rings. The molecule has 4 aromatic rings. The van der Waals surface area contributed by atoms with Crippen molar-refractivity contribution >= 4 is 62.3 Å². The largest absolute Gasteiger partial charge is 0.342 e. The van der Waals surface area contributed by atoms with Crippen molar-refractivity contribution in [2.75, 3.05) is 0 Å². The SMILES string of the molecule is N=C1/C(=C\c2cn(Cc3ccccc3Cl)c3ccccc23)C(=O)N=C2SC(c3cccnc3)=NN12. The maximum atomic E-state index is 12.9. The van der Waals surface area contributed by atoms with E-state index < -0.39 is 5.91 Å². The Morgan fingerprint density at radius 1 is 1.06 bits per heavy atom. The molecule has 7 nitrogen and oxygen atoms in total. The van der Waals surface area contributed by atoms with E-state index in [-0.39, 0.29) is 11.4 Å². The number of aliphatic imine (C=N–C) groups is 1. The van der Waals surface area contributed by atoms with Gasteiger partial charge in [0.05, 0.1) is 5.57 Å². The first kappa shape index (κ1) is 21.5. The van der Waals surface area contributed by atoms with Gasteiger partial charge in [-0.15, -0.1) is 0 Å². The number of pyridine rings is 1. The fraction of sp³-hybridized carbons (Fsp3) is 0.0385. The average molecular weight is 497 g/mol. The van der Waals surface area contributed by atoms with E-state index in [1.54, 1.807) is 18.5 Å². The lowest BCUT2D eigenvalue weighted by atomic mass is 10.1. The summed E-state index contributed by atoms with van der Waals surface area (Å²) in [5.74, 6) is -0.464. The number of hydrogen-bond acceptors (Lipinski definition) is 5. The number of nitrogens with one attached hydrogen (secondary N) is 1. The van der Waals surface area contributed by atoms with Crippen LogP contribution in [0, 0.1) is 5.41 Å². The molecule has 0 radical (unpaired) electrons. The van der Waals surface area contributed by atoms with Gasteiger partial charge in [-0.05, 0) is 47.7 Å². The average Bonchev–Trinajstić information content (AvgIpc) is 3.46. The van der Waals surface area contributed by atoms with Crippen LogP contribution < -0.4 is 0 Å². The molecular weight excluding hydrogens is 480 g/mol. The third-order valence-corrected chi connectivity index (χ3v) is 7.11. The van der Waals surface area contributed by atoms with Gasteiger partial charge in [-0.3, -0.25) is 15.2 Å². The maximum Gasteiger partial charge on any atom is 0.283 e. The summed E-state index contributed by atoms with van der Waals surface area (Å²) < 4.78 is 2.10. The second kappa shape index (κ2) is 8.65. The fourth-order valence-electron chi connectivity index (χ4n) is 4.08. The first-order chi connectivity index (χ1) is 17.1. The smallest absolute Gasteiger partial charge is 0.283 e. The number of para-hydroxylation sites is 1. The summed E-state index contributed by atoms with van der Waals surface area (Å²) >= 11 is 7.65. The highest BCUT2D eigenvalue weighted by molar-refractivity contribution is 8.27. The Kier molecular flexibility index (Phi) is 5.32. The lowest BCUT2D eigenvalue weighted by Gasteiger charge is -2.20. The van der Waals surface area contributed by atoms with E-state index in [4.69, 9.17) is 17.0 Å². The topological polar surface area (TPSA) is 86.7 Å². The number of amides is 1. The predicted molar refractivity (Wildman–Crippen MR) is 141 cm³/mol. The van der Waals surface area contributed by atoms with Gasteiger partial charge in [-0.2, -0.15) is 15.1 Å². The van der Waals surface area contributed by atoms with Crippen LogP contribution in [0.25, 0.3) is 17.0 Å². The van der Waals surface area contributed by atoms with Crippen molar-refractivity contribution in [1.82, 2.24) is 14.6 Å². The van der Waals surface area contributed by atoms with Crippen molar-refractivity contribution < 1.29 is 4.79 Å². The molecule has 6 rings (SSSR count). The van der Waals surface area contributed by atoms with Crippen molar-refractivity contribution in [3.63, 3.8) is 0 Å². The number of hydrogen-bond donors (Lipinski definition) is 1.